The Kier molecular flexibility index (Phi) is 7.24. The summed E-state index contributed by atoms with van der Waals surface area (Å²) in [5.74, 6) is 1.26. The van der Waals surface area contributed by atoms with E-state index in [4.69, 9.17) is 0 Å². The highest BCUT2D eigenvalue weighted by Gasteiger charge is 2.23. The van der Waals surface area contributed by atoms with Crippen molar-refractivity contribution in [1.29, 1.82) is 0 Å². The molecule has 0 aliphatic carbocycles. The monoisotopic (exact) mass is 458 g/mol. The van der Waals surface area contributed by atoms with Crippen molar-refractivity contribution in [2.75, 3.05) is 13.1 Å². The quantitative estimate of drug-likeness (QED) is 0.356. The summed E-state index contributed by atoms with van der Waals surface area (Å²) in [6.07, 6.45) is 1.75. The van der Waals surface area contributed by atoms with Crippen molar-refractivity contribution < 1.29 is 8.42 Å². The lowest BCUT2D eigenvalue weighted by Gasteiger charge is -2.18. The fourth-order valence-electron chi connectivity index (χ4n) is 3.21. The van der Waals surface area contributed by atoms with Crippen molar-refractivity contribution >= 4 is 21.8 Å². The van der Waals surface area contributed by atoms with Gasteiger partial charge in [0.1, 0.15) is 10.9 Å². The van der Waals surface area contributed by atoms with Crippen LogP contribution < -0.4 is 0 Å². The van der Waals surface area contributed by atoms with Gasteiger partial charge < -0.3 is 0 Å². The molecule has 0 atom stereocenters. The molecule has 3 rings (SSSR count). The molecule has 0 bridgehead atoms. The first-order chi connectivity index (χ1) is 14.8. The van der Waals surface area contributed by atoms with Crippen molar-refractivity contribution in [1.82, 2.24) is 29.0 Å². The highest BCUT2D eigenvalue weighted by molar-refractivity contribution is 7.99. The molecule has 0 unspecified atom stereocenters. The Morgan fingerprint density at radius 3 is 2.52 bits per heavy atom. The zero-order valence-electron chi connectivity index (χ0n) is 18.1. The van der Waals surface area contributed by atoms with Crippen LogP contribution >= 0.6 is 11.8 Å². The first kappa shape index (κ1) is 23.1. The Morgan fingerprint density at radius 1 is 1.13 bits per heavy atom. The summed E-state index contributed by atoms with van der Waals surface area (Å²) in [5, 5.41) is 10.1. The molecule has 31 heavy (non-hydrogen) atoms. The molecule has 0 aliphatic rings. The van der Waals surface area contributed by atoms with E-state index in [1.54, 1.807) is 24.3 Å². The standard InChI is InChI=1S/C21H26N6O2S2/c1-6-12-27-20(24-25-21(27)30-19-13-15(4)22-16(5)23-19)17-10-9-11-18(14-17)31(28,29)26(7-2)8-3/h6,9-11,13-14H,1,7-8,12H2,2-5H3. The average Bonchev–Trinajstić information content (AvgIpc) is 3.10. The van der Waals surface area contributed by atoms with E-state index in [-0.39, 0.29) is 4.90 Å². The minimum atomic E-state index is -3.57. The maximum atomic E-state index is 12.9. The van der Waals surface area contributed by atoms with Crippen molar-refractivity contribution in [2.24, 2.45) is 0 Å². The van der Waals surface area contributed by atoms with Crippen molar-refractivity contribution in [2.45, 2.75) is 49.3 Å². The Bertz CT molecular complexity index is 1170. The van der Waals surface area contributed by atoms with Gasteiger partial charge in [0, 0.05) is 30.9 Å². The molecule has 2 aromatic heterocycles. The Balaban J connectivity index is 2.03. The minimum absolute atomic E-state index is 0.234. The molecule has 0 spiro atoms. The predicted molar refractivity (Wildman–Crippen MR) is 121 cm³/mol. The zero-order chi connectivity index (χ0) is 22.6. The molecule has 0 aliphatic heterocycles. The van der Waals surface area contributed by atoms with Gasteiger partial charge in [0.25, 0.3) is 0 Å². The van der Waals surface area contributed by atoms with Crippen LogP contribution in [-0.4, -0.2) is 50.5 Å². The van der Waals surface area contributed by atoms with Gasteiger partial charge in [-0.25, -0.2) is 18.4 Å². The molecular formula is C21H26N6O2S2. The molecule has 164 valence electrons. The first-order valence-corrected chi connectivity index (χ1v) is 12.2. The van der Waals surface area contributed by atoms with Crippen LogP contribution in [0.5, 0.6) is 0 Å². The van der Waals surface area contributed by atoms with Gasteiger partial charge in [-0.1, -0.05) is 32.1 Å². The number of aryl methyl sites for hydroxylation is 2. The highest BCUT2D eigenvalue weighted by Crippen LogP contribution is 2.30. The molecule has 0 saturated heterocycles. The van der Waals surface area contributed by atoms with Gasteiger partial charge in [-0.3, -0.25) is 4.57 Å². The maximum Gasteiger partial charge on any atom is 0.243 e. The number of rotatable bonds is 9. The number of allylic oxidation sites excluding steroid dienone is 1. The Labute approximate surface area is 187 Å². The summed E-state index contributed by atoms with van der Waals surface area (Å²) < 4.78 is 29.2. The third kappa shape index (κ3) is 5.03. The van der Waals surface area contributed by atoms with Gasteiger partial charge in [0.2, 0.25) is 10.0 Å². The van der Waals surface area contributed by atoms with Crippen molar-refractivity contribution in [3.05, 3.63) is 54.5 Å². The summed E-state index contributed by atoms with van der Waals surface area (Å²) >= 11 is 1.38. The van der Waals surface area contributed by atoms with Gasteiger partial charge in [0.15, 0.2) is 11.0 Å². The van der Waals surface area contributed by atoms with Crippen LogP contribution in [0.25, 0.3) is 11.4 Å². The molecule has 2 heterocycles. The topological polar surface area (TPSA) is 93.9 Å². The predicted octanol–water partition coefficient (Wildman–Crippen LogP) is 3.72. The van der Waals surface area contributed by atoms with E-state index in [0.717, 1.165) is 10.7 Å². The minimum Gasteiger partial charge on any atom is -0.298 e. The Morgan fingerprint density at radius 2 is 1.87 bits per heavy atom. The third-order valence-electron chi connectivity index (χ3n) is 4.60. The molecule has 0 amide bonds. The second-order valence-corrected chi connectivity index (χ2v) is 9.74. The molecule has 0 N–H and O–H groups in total. The molecule has 1 aromatic carbocycles. The van der Waals surface area contributed by atoms with Gasteiger partial charge >= 0.3 is 0 Å². The smallest absolute Gasteiger partial charge is 0.243 e. The SMILES string of the molecule is C=CCn1c(Sc2cc(C)nc(C)n2)nnc1-c1cccc(S(=O)(=O)N(CC)CC)c1. The van der Waals surface area contributed by atoms with Crippen LogP contribution in [0.4, 0.5) is 0 Å². The number of benzene rings is 1. The van der Waals surface area contributed by atoms with Crippen molar-refractivity contribution in [3.63, 3.8) is 0 Å². The molecule has 0 radical (unpaired) electrons. The normalized spacial score (nSPS) is 11.8. The zero-order valence-corrected chi connectivity index (χ0v) is 19.7. The molecule has 0 fully saturated rings. The fraction of sp³-hybridized carbons (Fsp3) is 0.333. The van der Waals surface area contributed by atoms with Crippen LogP contribution in [-0.2, 0) is 16.6 Å². The van der Waals surface area contributed by atoms with E-state index in [0.29, 0.717) is 42.0 Å². The van der Waals surface area contributed by atoms with Gasteiger partial charge in [-0.15, -0.1) is 16.8 Å². The lowest BCUT2D eigenvalue weighted by atomic mass is 10.2. The van der Waals surface area contributed by atoms with Crippen LogP contribution in [0, 0.1) is 13.8 Å². The summed E-state index contributed by atoms with van der Waals surface area (Å²) in [6, 6.07) is 8.70. The fourth-order valence-corrected chi connectivity index (χ4v) is 5.66. The van der Waals surface area contributed by atoms with Crippen LogP contribution in [0.1, 0.15) is 25.4 Å². The van der Waals surface area contributed by atoms with E-state index in [9.17, 15) is 8.42 Å². The van der Waals surface area contributed by atoms with E-state index >= 15 is 0 Å². The third-order valence-corrected chi connectivity index (χ3v) is 7.55. The summed E-state index contributed by atoms with van der Waals surface area (Å²) in [5.41, 5.74) is 1.55. The van der Waals surface area contributed by atoms with Gasteiger partial charge in [-0.2, -0.15) is 4.31 Å². The number of hydrogen-bond acceptors (Lipinski definition) is 7. The van der Waals surface area contributed by atoms with Gasteiger partial charge in [0.05, 0.1) is 4.90 Å². The van der Waals surface area contributed by atoms with Crippen LogP contribution in [0.3, 0.4) is 0 Å². The number of aromatic nitrogens is 5. The van der Waals surface area contributed by atoms with Crippen LogP contribution in [0.15, 0.2) is 58.1 Å². The second-order valence-electron chi connectivity index (χ2n) is 6.82. The summed E-state index contributed by atoms with van der Waals surface area (Å²) in [6.45, 7) is 12.5. The molecule has 0 saturated carbocycles. The van der Waals surface area contributed by atoms with Gasteiger partial charge in [-0.05, 0) is 43.8 Å². The molecule has 10 heteroatoms. The average molecular weight is 459 g/mol. The summed E-state index contributed by atoms with van der Waals surface area (Å²) in [7, 11) is -3.57. The molecule has 3 aromatic rings. The number of nitrogens with zero attached hydrogens (tertiary/aromatic N) is 6. The van der Waals surface area contributed by atoms with Crippen LogP contribution in [0.2, 0.25) is 0 Å². The highest BCUT2D eigenvalue weighted by atomic mass is 32.2. The molecular weight excluding hydrogens is 432 g/mol. The van der Waals surface area contributed by atoms with E-state index in [1.165, 1.54) is 16.1 Å². The number of sulfonamides is 1. The van der Waals surface area contributed by atoms with E-state index in [2.05, 4.69) is 26.7 Å². The van der Waals surface area contributed by atoms with E-state index < -0.39 is 10.0 Å². The first-order valence-electron chi connectivity index (χ1n) is 9.95. The van der Waals surface area contributed by atoms with Crippen molar-refractivity contribution in [3.8, 4) is 11.4 Å². The molecule has 8 nitrogen and oxygen atoms in total. The second kappa shape index (κ2) is 9.71. The Hall–Kier alpha value is -2.56. The lowest BCUT2D eigenvalue weighted by Crippen LogP contribution is -2.30. The van der Waals surface area contributed by atoms with E-state index in [1.807, 2.05) is 44.4 Å². The lowest BCUT2D eigenvalue weighted by molar-refractivity contribution is 0.445. The summed E-state index contributed by atoms with van der Waals surface area (Å²) in [4.78, 5) is 9.00. The largest absolute Gasteiger partial charge is 0.298 e. The number of hydrogen-bond donors (Lipinski definition) is 0. The maximum absolute atomic E-state index is 12.9.